The number of tetrazole rings is 1. The van der Waals surface area contributed by atoms with Crippen molar-refractivity contribution < 1.29 is 9.53 Å². The molecule has 2 N–H and O–H groups in total. The molecule has 1 atom stereocenters. The molecule has 0 radical (unpaired) electrons. The van der Waals surface area contributed by atoms with Crippen LogP contribution < -0.4 is 10.1 Å². The Morgan fingerprint density at radius 2 is 2.21 bits per heavy atom. The molecule has 1 aliphatic heterocycles. The predicted octanol–water partition coefficient (Wildman–Crippen LogP) is 2.46. The quantitative estimate of drug-likeness (QED) is 0.763. The highest BCUT2D eigenvalue weighted by Crippen LogP contribution is 2.31. The van der Waals surface area contributed by atoms with Crippen LogP contribution in [0.5, 0.6) is 5.75 Å². The number of carbonyl (C=O) groups is 1. The van der Waals surface area contributed by atoms with E-state index in [1.54, 1.807) is 24.3 Å². The Kier molecular flexibility index (Phi) is 3.62. The highest BCUT2D eigenvalue weighted by Gasteiger charge is 2.29. The third kappa shape index (κ3) is 2.81. The van der Waals surface area contributed by atoms with Crippen LogP contribution in [0.1, 0.15) is 5.56 Å². The Morgan fingerprint density at radius 3 is 3.04 bits per heavy atom. The summed E-state index contributed by atoms with van der Waals surface area (Å²) in [5.74, 6) is 0.943. The van der Waals surface area contributed by atoms with Gasteiger partial charge in [-0.05, 0) is 41.1 Å². The minimum atomic E-state index is -0.577. The van der Waals surface area contributed by atoms with Gasteiger partial charge in [-0.1, -0.05) is 23.7 Å². The molecule has 1 aromatic heterocycles. The van der Waals surface area contributed by atoms with Crippen molar-refractivity contribution in [3.63, 3.8) is 0 Å². The van der Waals surface area contributed by atoms with Gasteiger partial charge in [-0.15, -0.1) is 10.2 Å². The number of halogens is 1. The largest absolute Gasteiger partial charge is 0.480 e. The second-order valence-electron chi connectivity index (χ2n) is 5.37. The molecule has 0 fully saturated rings. The average Bonchev–Trinajstić information content (AvgIpc) is 3.24. The molecule has 0 aliphatic carbocycles. The van der Waals surface area contributed by atoms with Crippen LogP contribution >= 0.6 is 11.6 Å². The standard InChI is InChI=1S/C16H12ClN5O2/c17-11-4-5-13-10(6-11)8-14(24-13)16(23)18-12-3-1-2-9(7-12)15-19-21-22-20-15/h1-7,14H,8H2,(H,18,23)(H,19,20,21,22)/t14-/m0/s1. The number of aromatic nitrogens is 4. The highest BCUT2D eigenvalue weighted by molar-refractivity contribution is 6.30. The van der Waals surface area contributed by atoms with Gasteiger partial charge in [-0.3, -0.25) is 4.79 Å². The van der Waals surface area contributed by atoms with Crippen LogP contribution in [0.2, 0.25) is 5.02 Å². The van der Waals surface area contributed by atoms with E-state index >= 15 is 0 Å². The van der Waals surface area contributed by atoms with Gasteiger partial charge in [0.1, 0.15) is 5.75 Å². The summed E-state index contributed by atoms with van der Waals surface area (Å²) in [6.45, 7) is 0. The molecule has 0 spiro atoms. The van der Waals surface area contributed by atoms with E-state index in [0.717, 1.165) is 11.1 Å². The fourth-order valence-electron chi connectivity index (χ4n) is 2.61. The Balaban J connectivity index is 1.48. The lowest BCUT2D eigenvalue weighted by Crippen LogP contribution is -2.31. The smallest absolute Gasteiger partial charge is 0.265 e. The van der Waals surface area contributed by atoms with Gasteiger partial charge in [0, 0.05) is 22.7 Å². The number of H-pyrrole nitrogens is 1. The van der Waals surface area contributed by atoms with Gasteiger partial charge in [-0.2, -0.15) is 5.21 Å². The fraction of sp³-hybridized carbons (Fsp3) is 0.125. The van der Waals surface area contributed by atoms with E-state index in [1.165, 1.54) is 0 Å². The molecule has 2 heterocycles. The number of anilines is 1. The minimum Gasteiger partial charge on any atom is -0.480 e. The van der Waals surface area contributed by atoms with Crippen LogP contribution in [0, 0.1) is 0 Å². The molecule has 0 unspecified atom stereocenters. The molecular weight excluding hydrogens is 330 g/mol. The summed E-state index contributed by atoms with van der Waals surface area (Å²) in [5.41, 5.74) is 2.33. The zero-order valence-electron chi connectivity index (χ0n) is 12.4. The second kappa shape index (κ2) is 5.93. The molecular formula is C16H12ClN5O2. The van der Waals surface area contributed by atoms with E-state index in [0.29, 0.717) is 28.7 Å². The van der Waals surface area contributed by atoms with E-state index in [1.807, 2.05) is 18.2 Å². The van der Waals surface area contributed by atoms with Gasteiger partial charge in [0.25, 0.3) is 5.91 Å². The third-order valence-corrected chi connectivity index (χ3v) is 3.96. The van der Waals surface area contributed by atoms with Crippen LogP contribution in [0.3, 0.4) is 0 Å². The first-order chi connectivity index (χ1) is 11.7. The Hall–Kier alpha value is -2.93. The first kappa shape index (κ1) is 14.6. The Morgan fingerprint density at radius 1 is 1.29 bits per heavy atom. The Labute approximate surface area is 142 Å². The number of fused-ring (bicyclic) bond motifs is 1. The maximum absolute atomic E-state index is 12.4. The predicted molar refractivity (Wildman–Crippen MR) is 87.8 cm³/mol. The number of benzene rings is 2. The first-order valence-corrected chi connectivity index (χ1v) is 7.67. The lowest BCUT2D eigenvalue weighted by atomic mass is 10.1. The normalized spacial score (nSPS) is 15.6. The van der Waals surface area contributed by atoms with E-state index < -0.39 is 6.10 Å². The van der Waals surface area contributed by atoms with E-state index in [-0.39, 0.29) is 5.91 Å². The van der Waals surface area contributed by atoms with Crippen LogP contribution in [-0.4, -0.2) is 32.6 Å². The van der Waals surface area contributed by atoms with E-state index in [2.05, 4.69) is 25.9 Å². The molecule has 3 aromatic rings. The van der Waals surface area contributed by atoms with Crippen molar-refractivity contribution in [2.24, 2.45) is 0 Å². The average molecular weight is 342 g/mol. The number of hydrogen-bond acceptors (Lipinski definition) is 5. The number of nitrogens with zero attached hydrogens (tertiary/aromatic N) is 3. The first-order valence-electron chi connectivity index (χ1n) is 7.29. The van der Waals surface area contributed by atoms with Crippen molar-refractivity contribution in [2.75, 3.05) is 5.32 Å². The number of hydrogen-bond donors (Lipinski definition) is 2. The van der Waals surface area contributed by atoms with Crippen LogP contribution in [0.4, 0.5) is 5.69 Å². The zero-order chi connectivity index (χ0) is 16.5. The van der Waals surface area contributed by atoms with Gasteiger partial charge in [-0.25, -0.2) is 0 Å². The van der Waals surface area contributed by atoms with Gasteiger partial charge < -0.3 is 10.1 Å². The summed E-state index contributed by atoms with van der Waals surface area (Å²) in [5, 5.41) is 17.3. The number of aromatic amines is 1. The van der Waals surface area contributed by atoms with Gasteiger partial charge in [0.15, 0.2) is 6.10 Å². The van der Waals surface area contributed by atoms with Crippen LogP contribution in [-0.2, 0) is 11.2 Å². The maximum atomic E-state index is 12.4. The zero-order valence-corrected chi connectivity index (χ0v) is 13.1. The molecule has 4 rings (SSSR count). The molecule has 120 valence electrons. The lowest BCUT2D eigenvalue weighted by Gasteiger charge is -2.11. The SMILES string of the molecule is O=C(Nc1cccc(-c2nn[nH]n2)c1)[C@@H]1Cc2cc(Cl)ccc2O1. The van der Waals surface area contributed by atoms with E-state index in [9.17, 15) is 4.79 Å². The Bertz CT molecular complexity index is 897. The maximum Gasteiger partial charge on any atom is 0.265 e. The third-order valence-electron chi connectivity index (χ3n) is 3.72. The molecule has 2 aromatic carbocycles. The van der Waals surface area contributed by atoms with Gasteiger partial charge >= 0.3 is 0 Å². The molecule has 0 saturated carbocycles. The molecule has 1 aliphatic rings. The molecule has 1 amide bonds. The summed E-state index contributed by atoms with van der Waals surface area (Å²) in [6, 6.07) is 12.6. The van der Waals surface area contributed by atoms with Crippen molar-refractivity contribution in [1.82, 2.24) is 20.6 Å². The van der Waals surface area contributed by atoms with Crippen molar-refractivity contribution in [1.29, 1.82) is 0 Å². The highest BCUT2D eigenvalue weighted by atomic mass is 35.5. The number of nitrogens with one attached hydrogen (secondary N) is 2. The molecule has 24 heavy (non-hydrogen) atoms. The summed E-state index contributed by atoms with van der Waals surface area (Å²) in [7, 11) is 0. The summed E-state index contributed by atoms with van der Waals surface area (Å²) >= 11 is 5.97. The fourth-order valence-corrected chi connectivity index (χ4v) is 2.80. The van der Waals surface area contributed by atoms with Crippen LogP contribution in [0.25, 0.3) is 11.4 Å². The summed E-state index contributed by atoms with van der Waals surface area (Å²) in [4.78, 5) is 12.4. The van der Waals surface area contributed by atoms with Crippen molar-refractivity contribution in [2.45, 2.75) is 12.5 Å². The second-order valence-corrected chi connectivity index (χ2v) is 5.80. The molecule has 7 nitrogen and oxygen atoms in total. The number of amides is 1. The lowest BCUT2D eigenvalue weighted by molar-refractivity contribution is -0.122. The van der Waals surface area contributed by atoms with Crippen molar-refractivity contribution in [3.8, 4) is 17.1 Å². The summed E-state index contributed by atoms with van der Waals surface area (Å²) in [6.07, 6.45) is -0.0843. The van der Waals surface area contributed by atoms with Crippen molar-refractivity contribution in [3.05, 3.63) is 53.1 Å². The molecule has 0 bridgehead atoms. The number of ether oxygens (including phenoxy) is 1. The monoisotopic (exact) mass is 341 g/mol. The molecule has 8 heteroatoms. The number of carbonyl (C=O) groups excluding carboxylic acids is 1. The van der Waals surface area contributed by atoms with Gasteiger partial charge in [0.2, 0.25) is 5.82 Å². The topological polar surface area (TPSA) is 92.8 Å². The number of rotatable bonds is 3. The van der Waals surface area contributed by atoms with Crippen LogP contribution in [0.15, 0.2) is 42.5 Å². The minimum absolute atomic E-state index is 0.215. The van der Waals surface area contributed by atoms with Gasteiger partial charge in [0.05, 0.1) is 0 Å². The van der Waals surface area contributed by atoms with E-state index in [4.69, 9.17) is 16.3 Å². The summed E-state index contributed by atoms with van der Waals surface area (Å²) < 4.78 is 5.69. The van der Waals surface area contributed by atoms with Crippen molar-refractivity contribution >= 4 is 23.2 Å². The molecule has 0 saturated heterocycles.